The first-order valence-corrected chi connectivity index (χ1v) is 3.28. The summed E-state index contributed by atoms with van der Waals surface area (Å²) in [5.41, 5.74) is 10.9. The number of nitrogens with two attached hydrogens (primary N) is 2. The van der Waals surface area contributed by atoms with Gasteiger partial charge in [-0.1, -0.05) is 0 Å². The van der Waals surface area contributed by atoms with Gasteiger partial charge in [-0.25, -0.2) is 0 Å². The highest BCUT2D eigenvalue weighted by molar-refractivity contribution is 5.85. The Morgan fingerprint density at radius 1 is 0.900 bits per heavy atom. The van der Waals surface area contributed by atoms with Gasteiger partial charge in [0.25, 0.3) is 0 Å². The smallest absolute Gasteiger partial charge is 0.00457 e. The largest absolute Gasteiger partial charge is 0.330 e. The molecule has 1 rings (SSSR count). The van der Waals surface area contributed by atoms with E-state index in [1.165, 1.54) is 12.8 Å². The van der Waals surface area contributed by atoms with E-state index in [1.807, 2.05) is 0 Å². The molecule has 4 heteroatoms. The Morgan fingerprint density at radius 3 is 1.30 bits per heavy atom. The van der Waals surface area contributed by atoms with E-state index in [0.29, 0.717) is 0 Å². The lowest BCUT2D eigenvalue weighted by Gasteiger charge is -2.34. The zero-order chi connectivity index (χ0) is 5.98. The summed E-state index contributed by atoms with van der Waals surface area (Å²) in [6, 6.07) is 0. The highest BCUT2D eigenvalue weighted by atomic mass is 35.5. The Bertz CT molecular complexity index is 66.1. The van der Waals surface area contributed by atoms with E-state index in [2.05, 4.69) is 0 Å². The van der Waals surface area contributed by atoms with Crippen molar-refractivity contribution < 1.29 is 0 Å². The third kappa shape index (κ3) is 2.62. The Kier molecular flexibility index (Phi) is 8.17. The molecule has 0 aliphatic heterocycles. The average Bonchev–Trinajstić information content (AvgIpc) is 1.66. The highest BCUT2D eigenvalue weighted by Crippen LogP contribution is 2.31. The Morgan fingerprint density at radius 2 is 1.20 bits per heavy atom. The van der Waals surface area contributed by atoms with Gasteiger partial charge < -0.3 is 11.5 Å². The molecule has 1 fully saturated rings. The van der Waals surface area contributed by atoms with Crippen LogP contribution in [-0.4, -0.2) is 13.1 Å². The fourth-order valence-electron chi connectivity index (χ4n) is 1.26. The molecule has 0 aromatic heterocycles. The summed E-state index contributed by atoms with van der Waals surface area (Å²) in [5.74, 6) is 1.50. The van der Waals surface area contributed by atoms with Gasteiger partial charge in [0.05, 0.1) is 0 Å². The first-order valence-electron chi connectivity index (χ1n) is 3.28. The maximum atomic E-state index is 5.44. The van der Waals surface area contributed by atoms with Crippen LogP contribution in [0.5, 0.6) is 0 Å². The van der Waals surface area contributed by atoms with E-state index in [1.54, 1.807) is 0 Å². The molecular weight excluding hydrogens is 171 g/mol. The van der Waals surface area contributed by atoms with Gasteiger partial charge in [0.1, 0.15) is 0 Å². The summed E-state index contributed by atoms with van der Waals surface area (Å²) in [6.07, 6.45) is 2.61. The molecule has 0 saturated heterocycles. The van der Waals surface area contributed by atoms with Crippen molar-refractivity contribution in [1.82, 2.24) is 0 Å². The van der Waals surface area contributed by atoms with Crippen LogP contribution in [0, 0.1) is 11.8 Å². The second-order valence-electron chi connectivity index (χ2n) is 2.57. The van der Waals surface area contributed by atoms with Crippen LogP contribution in [0.3, 0.4) is 0 Å². The van der Waals surface area contributed by atoms with Crippen LogP contribution in [0.4, 0.5) is 0 Å². The monoisotopic (exact) mass is 186 g/mol. The number of rotatable bonds is 2. The molecule has 0 aromatic carbocycles. The molecule has 1 saturated carbocycles. The number of halogens is 2. The van der Waals surface area contributed by atoms with Crippen molar-refractivity contribution in [3.63, 3.8) is 0 Å². The Balaban J connectivity index is 0. The molecule has 0 radical (unpaired) electrons. The molecule has 0 heterocycles. The van der Waals surface area contributed by atoms with Gasteiger partial charge >= 0.3 is 0 Å². The van der Waals surface area contributed by atoms with E-state index in [4.69, 9.17) is 11.5 Å². The summed E-state index contributed by atoms with van der Waals surface area (Å²) < 4.78 is 0. The van der Waals surface area contributed by atoms with Gasteiger partial charge in [-0.2, -0.15) is 0 Å². The maximum absolute atomic E-state index is 5.44. The molecule has 1 aliphatic carbocycles. The predicted octanol–water partition coefficient (Wildman–Crippen LogP) is 0.774. The van der Waals surface area contributed by atoms with Crippen molar-refractivity contribution in [3.05, 3.63) is 0 Å². The Labute approximate surface area is 74.5 Å². The van der Waals surface area contributed by atoms with Gasteiger partial charge in [-0.15, -0.1) is 24.8 Å². The van der Waals surface area contributed by atoms with Crippen molar-refractivity contribution in [2.75, 3.05) is 13.1 Å². The third-order valence-corrected chi connectivity index (χ3v) is 2.18. The van der Waals surface area contributed by atoms with Gasteiger partial charge in [0.2, 0.25) is 0 Å². The summed E-state index contributed by atoms with van der Waals surface area (Å²) in [4.78, 5) is 0. The van der Waals surface area contributed by atoms with Crippen LogP contribution in [0.25, 0.3) is 0 Å². The molecule has 1 aliphatic rings. The zero-order valence-electron chi connectivity index (χ0n) is 5.95. The fourth-order valence-corrected chi connectivity index (χ4v) is 1.26. The third-order valence-electron chi connectivity index (χ3n) is 2.18. The van der Waals surface area contributed by atoms with Crippen LogP contribution in [-0.2, 0) is 0 Å². The van der Waals surface area contributed by atoms with E-state index in [-0.39, 0.29) is 24.8 Å². The SMILES string of the molecule is Cl.Cl.NC[C@@H]1CC[C@H]1CN. The van der Waals surface area contributed by atoms with Crippen LogP contribution in [0.15, 0.2) is 0 Å². The second kappa shape index (κ2) is 6.23. The summed E-state index contributed by atoms with van der Waals surface area (Å²) in [5, 5.41) is 0. The van der Waals surface area contributed by atoms with Gasteiger partial charge in [-0.3, -0.25) is 0 Å². The lowest BCUT2D eigenvalue weighted by molar-refractivity contribution is 0.192. The maximum Gasteiger partial charge on any atom is -0.00457 e. The van der Waals surface area contributed by atoms with Crippen LogP contribution < -0.4 is 11.5 Å². The Hall–Kier alpha value is 0.500. The number of hydrogen-bond donors (Lipinski definition) is 2. The van der Waals surface area contributed by atoms with Crippen LogP contribution in [0.2, 0.25) is 0 Å². The van der Waals surface area contributed by atoms with Crippen molar-refractivity contribution in [3.8, 4) is 0 Å². The van der Waals surface area contributed by atoms with Gasteiger partial charge in [0, 0.05) is 0 Å². The van der Waals surface area contributed by atoms with Crippen molar-refractivity contribution >= 4 is 24.8 Å². The first kappa shape index (κ1) is 13.1. The molecule has 10 heavy (non-hydrogen) atoms. The molecule has 0 spiro atoms. The minimum Gasteiger partial charge on any atom is -0.330 e. The average molecular weight is 187 g/mol. The molecule has 2 atom stereocenters. The molecule has 64 valence electrons. The molecule has 2 nitrogen and oxygen atoms in total. The molecule has 0 amide bonds. The summed E-state index contributed by atoms with van der Waals surface area (Å²) >= 11 is 0. The minimum atomic E-state index is 0. The lowest BCUT2D eigenvalue weighted by Crippen LogP contribution is -2.36. The fraction of sp³-hybridized carbons (Fsp3) is 1.00. The van der Waals surface area contributed by atoms with Crippen molar-refractivity contribution in [2.45, 2.75) is 12.8 Å². The van der Waals surface area contributed by atoms with E-state index in [9.17, 15) is 0 Å². The van der Waals surface area contributed by atoms with Gasteiger partial charge in [-0.05, 0) is 37.8 Å². The van der Waals surface area contributed by atoms with Crippen molar-refractivity contribution in [2.24, 2.45) is 23.3 Å². The van der Waals surface area contributed by atoms with E-state index >= 15 is 0 Å². The highest BCUT2D eigenvalue weighted by Gasteiger charge is 2.27. The first-order chi connectivity index (χ1) is 3.88. The van der Waals surface area contributed by atoms with Crippen molar-refractivity contribution in [1.29, 1.82) is 0 Å². The molecule has 0 unspecified atom stereocenters. The molecule has 4 N–H and O–H groups in total. The normalized spacial score (nSPS) is 29.4. The minimum absolute atomic E-state index is 0. The zero-order valence-corrected chi connectivity index (χ0v) is 7.59. The lowest BCUT2D eigenvalue weighted by atomic mass is 9.74. The number of hydrogen-bond acceptors (Lipinski definition) is 2. The topological polar surface area (TPSA) is 52.0 Å². The van der Waals surface area contributed by atoms with E-state index < -0.39 is 0 Å². The molecule has 0 bridgehead atoms. The van der Waals surface area contributed by atoms with Crippen LogP contribution in [0.1, 0.15) is 12.8 Å². The van der Waals surface area contributed by atoms with Crippen LogP contribution >= 0.6 is 24.8 Å². The second-order valence-corrected chi connectivity index (χ2v) is 2.57. The summed E-state index contributed by atoms with van der Waals surface area (Å²) in [6.45, 7) is 1.67. The van der Waals surface area contributed by atoms with Gasteiger partial charge in [0.15, 0.2) is 0 Å². The molecule has 0 aromatic rings. The quantitative estimate of drug-likeness (QED) is 0.670. The standard InChI is InChI=1S/C6H14N2.2ClH/c7-3-5-1-2-6(5)4-8;;/h5-6H,1-4,7-8H2;2*1H/t5-,6-;;/m0../s1. The van der Waals surface area contributed by atoms with E-state index in [0.717, 1.165) is 24.9 Å². The predicted molar refractivity (Wildman–Crippen MR) is 48.8 cm³/mol. The summed E-state index contributed by atoms with van der Waals surface area (Å²) in [7, 11) is 0. The molecular formula is C6H16Cl2N2.